The Morgan fingerprint density at radius 1 is 0.694 bits per heavy atom. The molecule has 208 valence electrons. The van der Waals surface area contributed by atoms with Crippen LogP contribution in [0.2, 0.25) is 0 Å². The molecule has 3 rings (SSSR count). The van der Waals surface area contributed by atoms with Crippen molar-refractivity contribution in [1.82, 2.24) is 15.0 Å². The quantitative estimate of drug-likeness (QED) is 0.167. The summed E-state index contributed by atoms with van der Waals surface area (Å²) < 4.78 is 2.45. The van der Waals surface area contributed by atoms with Crippen molar-refractivity contribution < 1.29 is 0 Å². The number of aryl methyl sites for hydroxylation is 1. The molecule has 4 unspecified atom stereocenters. The summed E-state index contributed by atoms with van der Waals surface area (Å²) in [7, 11) is 0. The lowest BCUT2D eigenvalue weighted by molar-refractivity contribution is 0.349. The number of hydrogen-bond donors (Lipinski definition) is 0. The standard InChI is InChI=1S/C33H61N3/c1-5-9-12-14-17-20-28(21-18-15-13-10-6-2)36-33-25-23-30-29(22-24-32(33)34-35-36)31(30)26-27(8-4)19-16-11-7-3/h27-31H,5-26H2,1-4H3. The molecular formula is C33H61N3. The lowest BCUT2D eigenvalue weighted by atomic mass is 9.92. The Bertz CT molecular complexity index is 681. The molecule has 36 heavy (non-hydrogen) atoms. The van der Waals surface area contributed by atoms with Crippen molar-refractivity contribution in [2.75, 3.05) is 0 Å². The van der Waals surface area contributed by atoms with Crippen molar-refractivity contribution in [3.8, 4) is 0 Å². The van der Waals surface area contributed by atoms with E-state index in [4.69, 9.17) is 10.3 Å². The summed E-state index contributed by atoms with van der Waals surface area (Å²) in [6.07, 6.45) is 30.1. The molecule has 0 aromatic carbocycles. The van der Waals surface area contributed by atoms with Gasteiger partial charge in [0.05, 0.1) is 17.4 Å². The van der Waals surface area contributed by atoms with E-state index in [1.807, 2.05) is 0 Å². The predicted molar refractivity (Wildman–Crippen MR) is 155 cm³/mol. The van der Waals surface area contributed by atoms with Crippen molar-refractivity contribution in [3.05, 3.63) is 11.4 Å². The van der Waals surface area contributed by atoms with Crippen molar-refractivity contribution in [3.63, 3.8) is 0 Å². The zero-order valence-corrected chi connectivity index (χ0v) is 24.8. The first-order chi connectivity index (χ1) is 17.7. The number of unbranched alkanes of at least 4 members (excludes halogenated alkanes) is 10. The average molecular weight is 500 g/mol. The maximum absolute atomic E-state index is 4.84. The highest BCUT2D eigenvalue weighted by molar-refractivity contribution is 5.16. The Morgan fingerprint density at radius 3 is 1.86 bits per heavy atom. The summed E-state index contributed by atoms with van der Waals surface area (Å²) in [4.78, 5) is 0. The smallest absolute Gasteiger partial charge is 0.0859 e. The SMILES string of the molecule is CCCCCCCC(CCCCCCC)n1nnc2c1CCC1C(CC2)C1CC(CC)CCCCC. The number of hydrogen-bond acceptors (Lipinski definition) is 2. The summed E-state index contributed by atoms with van der Waals surface area (Å²) >= 11 is 0. The van der Waals surface area contributed by atoms with E-state index in [0.717, 1.165) is 23.7 Å². The molecule has 0 radical (unpaired) electrons. The Labute approximate surface area is 225 Å². The van der Waals surface area contributed by atoms with Crippen LogP contribution < -0.4 is 0 Å². The normalized spacial score (nSPS) is 22.2. The van der Waals surface area contributed by atoms with Crippen LogP contribution in [-0.2, 0) is 12.8 Å². The fourth-order valence-electron chi connectivity index (χ4n) is 7.34. The lowest BCUT2D eigenvalue weighted by Crippen LogP contribution is -2.16. The third kappa shape index (κ3) is 9.16. The number of rotatable bonds is 20. The molecule has 0 bridgehead atoms. The maximum atomic E-state index is 4.84. The minimum Gasteiger partial charge on any atom is -0.246 e. The molecule has 1 aromatic heterocycles. The zero-order chi connectivity index (χ0) is 25.6. The third-order valence-electron chi connectivity index (χ3n) is 9.84. The van der Waals surface area contributed by atoms with Gasteiger partial charge < -0.3 is 0 Å². The van der Waals surface area contributed by atoms with Gasteiger partial charge in [0.2, 0.25) is 0 Å². The number of fused-ring (bicyclic) bond motifs is 2. The molecule has 1 heterocycles. The van der Waals surface area contributed by atoms with Crippen molar-refractivity contribution >= 4 is 0 Å². The van der Waals surface area contributed by atoms with Gasteiger partial charge in [0, 0.05) is 0 Å². The predicted octanol–water partition coefficient (Wildman–Crippen LogP) is 10.3. The van der Waals surface area contributed by atoms with Crippen LogP contribution in [0.3, 0.4) is 0 Å². The minimum atomic E-state index is 0.581. The Kier molecular flexibility index (Phi) is 13.9. The van der Waals surface area contributed by atoms with Gasteiger partial charge in [-0.25, -0.2) is 4.68 Å². The summed E-state index contributed by atoms with van der Waals surface area (Å²) in [5, 5.41) is 9.65. The molecule has 2 aliphatic rings. The van der Waals surface area contributed by atoms with Crippen LogP contribution in [0, 0.1) is 23.7 Å². The van der Waals surface area contributed by atoms with Crippen LogP contribution in [0.5, 0.6) is 0 Å². The first-order valence-corrected chi connectivity index (χ1v) is 16.7. The Balaban J connectivity index is 1.57. The monoisotopic (exact) mass is 499 g/mol. The number of nitrogens with zero attached hydrogens (tertiary/aromatic N) is 3. The van der Waals surface area contributed by atoms with E-state index < -0.39 is 0 Å². The first-order valence-electron chi connectivity index (χ1n) is 16.7. The molecule has 4 atom stereocenters. The minimum absolute atomic E-state index is 0.581. The van der Waals surface area contributed by atoms with Crippen LogP contribution in [0.1, 0.15) is 174 Å². The fraction of sp³-hybridized carbons (Fsp3) is 0.939. The molecule has 1 fully saturated rings. The highest BCUT2D eigenvalue weighted by Gasteiger charge is 2.49. The van der Waals surface area contributed by atoms with Crippen LogP contribution in [-0.4, -0.2) is 15.0 Å². The topological polar surface area (TPSA) is 30.7 Å². The van der Waals surface area contributed by atoms with Crippen LogP contribution in [0.4, 0.5) is 0 Å². The average Bonchev–Trinajstić information content (AvgIpc) is 3.36. The molecule has 0 aliphatic heterocycles. The van der Waals surface area contributed by atoms with E-state index in [9.17, 15) is 0 Å². The van der Waals surface area contributed by atoms with Crippen LogP contribution in [0.25, 0.3) is 0 Å². The van der Waals surface area contributed by atoms with E-state index in [1.165, 1.54) is 153 Å². The molecule has 0 saturated heterocycles. The molecule has 0 amide bonds. The fourth-order valence-corrected chi connectivity index (χ4v) is 7.34. The maximum Gasteiger partial charge on any atom is 0.0859 e. The molecule has 1 saturated carbocycles. The van der Waals surface area contributed by atoms with Gasteiger partial charge in [0.25, 0.3) is 0 Å². The first kappa shape index (κ1) is 29.7. The van der Waals surface area contributed by atoms with Gasteiger partial charge in [0.1, 0.15) is 0 Å². The van der Waals surface area contributed by atoms with E-state index in [2.05, 4.69) is 32.4 Å². The Hall–Kier alpha value is -0.860. The van der Waals surface area contributed by atoms with Gasteiger partial charge in [-0.05, 0) is 68.6 Å². The molecule has 1 aromatic rings. The van der Waals surface area contributed by atoms with Gasteiger partial charge in [0.15, 0.2) is 0 Å². The molecule has 0 N–H and O–H groups in total. The summed E-state index contributed by atoms with van der Waals surface area (Å²) in [5.74, 6) is 3.95. The highest BCUT2D eigenvalue weighted by atomic mass is 15.4. The molecular weight excluding hydrogens is 438 g/mol. The van der Waals surface area contributed by atoms with Crippen LogP contribution in [0.15, 0.2) is 0 Å². The highest BCUT2D eigenvalue weighted by Crippen LogP contribution is 2.56. The summed E-state index contributed by atoms with van der Waals surface area (Å²) in [6, 6.07) is 0.581. The van der Waals surface area contributed by atoms with Gasteiger partial charge in [-0.1, -0.05) is 129 Å². The van der Waals surface area contributed by atoms with Gasteiger partial charge in [-0.2, -0.15) is 0 Å². The van der Waals surface area contributed by atoms with Crippen molar-refractivity contribution in [2.24, 2.45) is 23.7 Å². The molecule has 0 spiro atoms. The summed E-state index contributed by atoms with van der Waals surface area (Å²) in [6.45, 7) is 9.40. The second-order valence-electron chi connectivity index (χ2n) is 12.6. The Morgan fingerprint density at radius 2 is 1.25 bits per heavy atom. The van der Waals surface area contributed by atoms with Gasteiger partial charge in [-0.15, -0.1) is 5.10 Å². The van der Waals surface area contributed by atoms with E-state index >= 15 is 0 Å². The largest absolute Gasteiger partial charge is 0.246 e. The van der Waals surface area contributed by atoms with E-state index in [0.29, 0.717) is 6.04 Å². The second kappa shape index (κ2) is 16.9. The lowest BCUT2D eigenvalue weighted by Gasteiger charge is -2.21. The van der Waals surface area contributed by atoms with Gasteiger partial charge >= 0.3 is 0 Å². The zero-order valence-electron chi connectivity index (χ0n) is 24.8. The van der Waals surface area contributed by atoms with E-state index in [-0.39, 0.29) is 0 Å². The van der Waals surface area contributed by atoms with Crippen LogP contribution >= 0.6 is 0 Å². The molecule has 3 heteroatoms. The van der Waals surface area contributed by atoms with Crippen molar-refractivity contribution in [2.45, 2.75) is 175 Å². The number of aromatic nitrogens is 3. The molecule has 3 nitrogen and oxygen atoms in total. The summed E-state index contributed by atoms with van der Waals surface area (Å²) in [5.41, 5.74) is 2.89. The van der Waals surface area contributed by atoms with Crippen molar-refractivity contribution in [1.29, 1.82) is 0 Å². The molecule has 2 aliphatic carbocycles. The third-order valence-corrected chi connectivity index (χ3v) is 9.84. The second-order valence-corrected chi connectivity index (χ2v) is 12.6. The van der Waals surface area contributed by atoms with Gasteiger partial charge in [-0.3, -0.25) is 0 Å². The van der Waals surface area contributed by atoms with E-state index in [1.54, 1.807) is 0 Å².